The van der Waals surface area contributed by atoms with Crippen molar-refractivity contribution in [3.8, 4) is 11.9 Å². The number of thiocarbonyl (C=S) groups is 1. The van der Waals surface area contributed by atoms with Crippen molar-refractivity contribution in [3.05, 3.63) is 54.9 Å². The van der Waals surface area contributed by atoms with Crippen molar-refractivity contribution in [2.75, 3.05) is 29.6 Å². The summed E-state index contributed by atoms with van der Waals surface area (Å²) in [4.78, 5) is 11.9. The van der Waals surface area contributed by atoms with E-state index in [-0.39, 0.29) is 22.6 Å². The third-order valence-electron chi connectivity index (χ3n) is 3.67. The maximum atomic E-state index is 12.7. The van der Waals surface area contributed by atoms with Crippen LogP contribution in [0.15, 0.2) is 59.8 Å². The van der Waals surface area contributed by atoms with Gasteiger partial charge >= 0.3 is 6.01 Å². The molecule has 12 heteroatoms. The highest BCUT2D eigenvalue weighted by atomic mass is 32.2. The van der Waals surface area contributed by atoms with Crippen LogP contribution in [0.25, 0.3) is 0 Å². The second kappa shape index (κ2) is 9.33. The number of hydrogen-bond acceptors (Lipinski definition) is 8. The summed E-state index contributed by atoms with van der Waals surface area (Å²) < 4.78 is 37.7. The third kappa shape index (κ3) is 5.52. The Kier molecular flexibility index (Phi) is 6.59. The van der Waals surface area contributed by atoms with E-state index in [2.05, 4.69) is 30.3 Å². The van der Waals surface area contributed by atoms with Crippen molar-refractivity contribution in [1.29, 1.82) is 0 Å². The summed E-state index contributed by atoms with van der Waals surface area (Å²) in [5, 5.41) is 6.34. The number of ether oxygens (including phenoxy) is 2. The minimum Gasteiger partial charge on any atom is -0.481 e. The van der Waals surface area contributed by atoms with E-state index >= 15 is 0 Å². The first-order valence-corrected chi connectivity index (χ1v) is 10.4. The number of nitrogens with zero attached hydrogens (tertiary/aromatic N) is 3. The molecule has 0 atom stereocenters. The van der Waals surface area contributed by atoms with Crippen LogP contribution in [0, 0.1) is 0 Å². The Morgan fingerprint density at radius 3 is 2.17 bits per heavy atom. The first-order valence-electron chi connectivity index (χ1n) is 8.47. The van der Waals surface area contributed by atoms with Crippen molar-refractivity contribution < 1.29 is 17.9 Å². The van der Waals surface area contributed by atoms with E-state index in [9.17, 15) is 8.42 Å². The number of benzene rings is 1. The summed E-state index contributed by atoms with van der Waals surface area (Å²) in [6, 6.07) is 10.9. The van der Waals surface area contributed by atoms with Crippen LogP contribution in [-0.2, 0) is 10.0 Å². The fourth-order valence-electron chi connectivity index (χ4n) is 2.29. The first kappa shape index (κ1) is 21.2. The minimum atomic E-state index is -3.89. The van der Waals surface area contributed by atoms with Crippen LogP contribution in [0.5, 0.6) is 11.9 Å². The molecular formula is C18H18N6O4S2. The molecule has 0 aliphatic carbocycles. The Morgan fingerprint density at radius 1 is 0.933 bits per heavy atom. The lowest BCUT2D eigenvalue weighted by Gasteiger charge is -2.12. The number of hydrogen-bond donors (Lipinski definition) is 3. The summed E-state index contributed by atoms with van der Waals surface area (Å²) in [7, 11) is -1.12. The van der Waals surface area contributed by atoms with Gasteiger partial charge in [-0.15, -0.1) is 0 Å². The van der Waals surface area contributed by atoms with Crippen LogP contribution in [0.4, 0.5) is 17.2 Å². The monoisotopic (exact) mass is 446 g/mol. The van der Waals surface area contributed by atoms with E-state index in [0.29, 0.717) is 10.8 Å². The van der Waals surface area contributed by atoms with Crippen molar-refractivity contribution >= 4 is 44.5 Å². The molecule has 3 aromatic rings. The van der Waals surface area contributed by atoms with Gasteiger partial charge in [0.25, 0.3) is 10.0 Å². The molecule has 2 heterocycles. The largest absolute Gasteiger partial charge is 0.481 e. The Balaban J connectivity index is 1.69. The molecule has 0 saturated heterocycles. The van der Waals surface area contributed by atoms with Crippen LogP contribution in [0.2, 0.25) is 0 Å². The lowest BCUT2D eigenvalue weighted by molar-refractivity contribution is 0.353. The second-order valence-electron chi connectivity index (χ2n) is 5.73. The molecule has 0 amide bonds. The molecule has 0 aliphatic rings. The topological polar surface area (TPSA) is 127 Å². The van der Waals surface area contributed by atoms with E-state index in [4.69, 9.17) is 21.7 Å². The third-order valence-corrected chi connectivity index (χ3v) is 5.25. The van der Waals surface area contributed by atoms with Crippen LogP contribution in [0.1, 0.15) is 0 Å². The summed E-state index contributed by atoms with van der Waals surface area (Å²) in [6.45, 7) is 0. The zero-order valence-electron chi connectivity index (χ0n) is 16.0. The molecule has 10 nitrogen and oxygen atoms in total. The van der Waals surface area contributed by atoms with Gasteiger partial charge in [-0.05, 0) is 48.6 Å². The van der Waals surface area contributed by atoms with Gasteiger partial charge in [0.05, 0.1) is 19.1 Å². The maximum absolute atomic E-state index is 12.7. The lowest BCUT2D eigenvalue weighted by atomic mass is 10.3. The highest BCUT2D eigenvalue weighted by molar-refractivity contribution is 7.92. The predicted molar refractivity (Wildman–Crippen MR) is 116 cm³/mol. The van der Waals surface area contributed by atoms with Gasteiger partial charge in [-0.2, -0.15) is 9.97 Å². The Bertz CT molecular complexity index is 1100. The fraction of sp³-hybridized carbons (Fsp3) is 0.111. The SMILES string of the molecule is COc1cc(NS(=O)(=O)c2ccc(NC(=S)Nc3ccncc3)cc2)nc(OC)n1. The highest BCUT2D eigenvalue weighted by Crippen LogP contribution is 2.21. The van der Waals surface area contributed by atoms with Crippen LogP contribution in [-0.4, -0.2) is 42.7 Å². The Morgan fingerprint density at radius 2 is 1.57 bits per heavy atom. The number of rotatable bonds is 7. The van der Waals surface area contributed by atoms with Gasteiger partial charge in [0.2, 0.25) is 5.88 Å². The first-order chi connectivity index (χ1) is 14.4. The van der Waals surface area contributed by atoms with Crippen molar-refractivity contribution in [1.82, 2.24) is 15.0 Å². The molecule has 156 valence electrons. The predicted octanol–water partition coefficient (Wildman–Crippen LogP) is 2.50. The molecule has 0 saturated carbocycles. The normalized spacial score (nSPS) is 10.7. The Labute approximate surface area is 178 Å². The number of sulfonamides is 1. The molecule has 0 spiro atoms. The number of pyridine rings is 1. The zero-order valence-corrected chi connectivity index (χ0v) is 17.6. The molecule has 2 aromatic heterocycles. The molecule has 1 aromatic carbocycles. The molecular weight excluding hydrogens is 428 g/mol. The van der Waals surface area contributed by atoms with Crippen LogP contribution >= 0.6 is 12.2 Å². The summed E-state index contributed by atoms with van der Waals surface area (Å²) in [5.74, 6) is 0.179. The Hall–Kier alpha value is -3.51. The van der Waals surface area contributed by atoms with E-state index in [1.165, 1.54) is 32.4 Å². The standard InChI is InChI=1S/C18H18N6O4S2/c1-27-16-11-15(22-17(23-16)28-2)24-30(25,26)14-5-3-12(4-6-14)20-18(29)21-13-7-9-19-10-8-13/h3-11H,1-2H3,(H,22,23,24)(H2,19,20,21,29). The summed E-state index contributed by atoms with van der Waals surface area (Å²) in [6.07, 6.45) is 3.28. The average Bonchev–Trinajstić information content (AvgIpc) is 2.74. The zero-order chi connectivity index (χ0) is 21.6. The summed E-state index contributed by atoms with van der Waals surface area (Å²) >= 11 is 5.25. The quantitative estimate of drug-likeness (QED) is 0.466. The molecule has 0 unspecified atom stereocenters. The van der Waals surface area contributed by atoms with E-state index in [0.717, 1.165) is 5.69 Å². The van der Waals surface area contributed by atoms with Gasteiger partial charge in [0.1, 0.15) is 0 Å². The molecule has 30 heavy (non-hydrogen) atoms. The van der Waals surface area contributed by atoms with Crippen molar-refractivity contribution in [3.63, 3.8) is 0 Å². The van der Waals surface area contributed by atoms with Gasteiger partial charge in [0, 0.05) is 29.8 Å². The van der Waals surface area contributed by atoms with E-state index in [1.54, 1.807) is 36.7 Å². The van der Waals surface area contributed by atoms with Gasteiger partial charge in [0.15, 0.2) is 10.9 Å². The van der Waals surface area contributed by atoms with Gasteiger partial charge in [-0.1, -0.05) is 0 Å². The van der Waals surface area contributed by atoms with Gasteiger partial charge in [-0.3, -0.25) is 9.71 Å². The maximum Gasteiger partial charge on any atom is 0.321 e. The van der Waals surface area contributed by atoms with E-state index < -0.39 is 10.0 Å². The van der Waals surface area contributed by atoms with E-state index in [1.807, 2.05) is 0 Å². The molecule has 3 rings (SSSR count). The molecule has 0 bridgehead atoms. The minimum absolute atomic E-state index is 0.0173. The number of anilines is 3. The van der Waals surface area contributed by atoms with Gasteiger partial charge in [-0.25, -0.2) is 8.42 Å². The molecule has 3 N–H and O–H groups in total. The summed E-state index contributed by atoms with van der Waals surface area (Å²) in [5.41, 5.74) is 1.40. The molecule has 0 fully saturated rings. The lowest BCUT2D eigenvalue weighted by Crippen LogP contribution is -2.19. The average molecular weight is 447 g/mol. The van der Waals surface area contributed by atoms with Crippen molar-refractivity contribution in [2.45, 2.75) is 4.90 Å². The van der Waals surface area contributed by atoms with Gasteiger partial charge < -0.3 is 20.1 Å². The van der Waals surface area contributed by atoms with Crippen LogP contribution < -0.4 is 24.8 Å². The number of methoxy groups -OCH3 is 2. The molecule has 0 radical (unpaired) electrons. The second-order valence-corrected chi connectivity index (χ2v) is 7.82. The molecule has 0 aliphatic heterocycles. The fourth-order valence-corrected chi connectivity index (χ4v) is 3.52. The smallest absolute Gasteiger partial charge is 0.321 e. The number of nitrogens with one attached hydrogen (secondary N) is 3. The van der Waals surface area contributed by atoms with Crippen LogP contribution in [0.3, 0.4) is 0 Å². The number of aromatic nitrogens is 3. The highest BCUT2D eigenvalue weighted by Gasteiger charge is 2.17. The van der Waals surface area contributed by atoms with Crippen molar-refractivity contribution in [2.24, 2.45) is 0 Å².